The van der Waals surface area contributed by atoms with Gasteiger partial charge in [-0.1, -0.05) is 26.0 Å². The van der Waals surface area contributed by atoms with Gasteiger partial charge in [-0.25, -0.2) is 9.97 Å². The predicted molar refractivity (Wildman–Crippen MR) is 112 cm³/mol. The van der Waals surface area contributed by atoms with Crippen LogP contribution in [0.4, 0.5) is 11.6 Å². The van der Waals surface area contributed by atoms with Crippen LogP contribution in [0.3, 0.4) is 0 Å². The number of aromatic nitrogens is 2. The maximum atomic E-state index is 13.0. The number of hydrogen-bond acceptors (Lipinski definition) is 5. The SMILES string of the molecule is CC(C)c1ccc(N2CC(C(=O)N3CCN(c4ncccn4)CC3)CC2=O)cc1. The second-order valence-electron chi connectivity index (χ2n) is 8.01. The van der Waals surface area contributed by atoms with Crippen LogP contribution in [0.5, 0.6) is 0 Å². The van der Waals surface area contributed by atoms with E-state index in [4.69, 9.17) is 0 Å². The minimum absolute atomic E-state index is 0.0250. The quantitative estimate of drug-likeness (QED) is 0.797. The van der Waals surface area contributed by atoms with Gasteiger partial charge in [0.05, 0.1) is 5.92 Å². The molecule has 1 unspecified atom stereocenters. The average Bonchev–Trinajstić information content (AvgIpc) is 3.15. The van der Waals surface area contributed by atoms with E-state index in [2.05, 4.69) is 40.8 Å². The third-order valence-electron chi connectivity index (χ3n) is 5.77. The van der Waals surface area contributed by atoms with Crippen LogP contribution in [-0.4, -0.2) is 59.4 Å². The molecule has 0 N–H and O–H groups in total. The Kier molecular flexibility index (Phi) is 5.47. The number of anilines is 2. The summed E-state index contributed by atoms with van der Waals surface area (Å²) in [6.07, 6.45) is 3.74. The number of nitrogens with zero attached hydrogens (tertiary/aromatic N) is 5. The highest BCUT2D eigenvalue weighted by Gasteiger charge is 2.38. The molecular weight excluding hydrogens is 366 g/mol. The third kappa shape index (κ3) is 4.09. The second kappa shape index (κ2) is 8.19. The Morgan fingerprint density at radius 2 is 1.69 bits per heavy atom. The Balaban J connectivity index is 1.36. The van der Waals surface area contributed by atoms with Gasteiger partial charge in [0.15, 0.2) is 0 Å². The number of rotatable bonds is 4. The summed E-state index contributed by atoms with van der Waals surface area (Å²) in [6, 6.07) is 9.89. The van der Waals surface area contributed by atoms with Crippen molar-refractivity contribution in [1.82, 2.24) is 14.9 Å². The highest BCUT2D eigenvalue weighted by Crippen LogP contribution is 2.28. The molecule has 1 atom stereocenters. The first-order valence-corrected chi connectivity index (χ1v) is 10.2. The molecule has 2 amide bonds. The van der Waals surface area contributed by atoms with E-state index < -0.39 is 0 Å². The van der Waals surface area contributed by atoms with Crippen molar-refractivity contribution in [2.45, 2.75) is 26.2 Å². The topological polar surface area (TPSA) is 69.6 Å². The van der Waals surface area contributed by atoms with Crippen LogP contribution in [0.2, 0.25) is 0 Å². The molecule has 29 heavy (non-hydrogen) atoms. The third-order valence-corrected chi connectivity index (χ3v) is 5.77. The summed E-state index contributed by atoms with van der Waals surface area (Å²) >= 11 is 0. The van der Waals surface area contributed by atoms with E-state index in [1.54, 1.807) is 23.4 Å². The average molecular weight is 393 g/mol. The minimum atomic E-state index is -0.271. The fourth-order valence-electron chi connectivity index (χ4n) is 4.00. The molecule has 4 rings (SSSR count). The summed E-state index contributed by atoms with van der Waals surface area (Å²) in [5.74, 6) is 0.983. The first-order valence-electron chi connectivity index (χ1n) is 10.2. The Labute approximate surface area is 171 Å². The summed E-state index contributed by atoms with van der Waals surface area (Å²) in [5.41, 5.74) is 2.12. The maximum Gasteiger partial charge on any atom is 0.228 e. The van der Waals surface area contributed by atoms with Gasteiger partial charge in [-0.05, 0) is 29.7 Å². The van der Waals surface area contributed by atoms with E-state index in [0.29, 0.717) is 44.6 Å². The molecule has 152 valence electrons. The molecule has 3 heterocycles. The normalized spacial score (nSPS) is 19.9. The van der Waals surface area contributed by atoms with E-state index >= 15 is 0 Å². The van der Waals surface area contributed by atoms with Crippen LogP contribution in [0, 0.1) is 5.92 Å². The summed E-state index contributed by atoms with van der Waals surface area (Å²) in [5, 5.41) is 0. The Hall–Kier alpha value is -2.96. The van der Waals surface area contributed by atoms with Gasteiger partial charge in [-0.3, -0.25) is 9.59 Å². The predicted octanol–water partition coefficient (Wildman–Crippen LogP) is 2.30. The van der Waals surface area contributed by atoms with Gasteiger partial charge in [0.2, 0.25) is 17.8 Å². The molecule has 1 aromatic carbocycles. The zero-order chi connectivity index (χ0) is 20.4. The highest BCUT2D eigenvalue weighted by atomic mass is 16.2. The Morgan fingerprint density at radius 3 is 2.31 bits per heavy atom. The van der Waals surface area contributed by atoms with Gasteiger partial charge in [-0.2, -0.15) is 0 Å². The largest absolute Gasteiger partial charge is 0.339 e. The summed E-state index contributed by atoms with van der Waals surface area (Å²) < 4.78 is 0. The fraction of sp³-hybridized carbons (Fsp3) is 0.455. The molecule has 0 radical (unpaired) electrons. The molecule has 0 bridgehead atoms. The van der Waals surface area contributed by atoms with E-state index in [-0.39, 0.29) is 24.2 Å². The lowest BCUT2D eigenvalue weighted by Gasteiger charge is -2.35. The highest BCUT2D eigenvalue weighted by molar-refractivity contribution is 6.00. The van der Waals surface area contributed by atoms with E-state index in [0.717, 1.165) is 5.69 Å². The maximum absolute atomic E-state index is 13.0. The molecule has 2 aliphatic heterocycles. The Morgan fingerprint density at radius 1 is 1.03 bits per heavy atom. The van der Waals surface area contributed by atoms with Crippen molar-refractivity contribution in [3.05, 3.63) is 48.3 Å². The molecule has 0 aliphatic carbocycles. The lowest BCUT2D eigenvalue weighted by atomic mass is 10.0. The van der Waals surface area contributed by atoms with Crippen LogP contribution in [0.25, 0.3) is 0 Å². The summed E-state index contributed by atoms with van der Waals surface area (Å²) in [7, 11) is 0. The number of carbonyl (C=O) groups excluding carboxylic acids is 2. The van der Waals surface area contributed by atoms with Gasteiger partial charge in [-0.15, -0.1) is 0 Å². The van der Waals surface area contributed by atoms with Crippen LogP contribution >= 0.6 is 0 Å². The van der Waals surface area contributed by atoms with E-state index in [9.17, 15) is 9.59 Å². The van der Waals surface area contributed by atoms with E-state index in [1.807, 2.05) is 17.0 Å². The van der Waals surface area contributed by atoms with E-state index in [1.165, 1.54) is 5.56 Å². The smallest absolute Gasteiger partial charge is 0.228 e. The zero-order valence-corrected chi connectivity index (χ0v) is 17.0. The molecule has 1 aromatic heterocycles. The molecule has 2 aliphatic rings. The van der Waals surface area contributed by atoms with Crippen LogP contribution in [-0.2, 0) is 9.59 Å². The molecule has 7 heteroatoms. The summed E-state index contributed by atoms with van der Waals surface area (Å²) in [6.45, 7) is 7.42. The standard InChI is InChI=1S/C22H27N5O2/c1-16(2)17-4-6-19(7-5-17)27-15-18(14-20(27)28)21(29)25-10-12-26(13-11-25)22-23-8-3-9-24-22/h3-9,16,18H,10-15H2,1-2H3. The number of amides is 2. The van der Waals surface area contributed by atoms with Crippen LogP contribution in [0.15, 0.2) is 42.7 Å². The van der Waals surface area contributed by atoms with Gasteiger partial charge in [0.1, 0.15) is 0 Å². The van der Waals surface area contributed by atoms with Gasteiger partial charge >= 0.3 is 0 Å². The van der Waals surface area contributed by atoms with Crippen molar-refractivity contribution in [1.29, 1.82) is 0 Å². The number of benzene rings is 1. The monoisotopic (exact) mass is 393 g/mol. The van der Waals surface area contributed by atoms with Crippen LogP contribution < -0.4 is 9.80 Å². The molecule has 7 nitrogen and oxygen atoms in total. The lowest BCUT2D eigenvalue weighted by molar-refractivity contribution is -0.136. The zero-order valence-electron chi connectivity index (χ0n) is 17.0. The van der Waals surface area contributed by atoms with Crippen molar-refractivity contribution in [2.75, 3.05) is 42.5 Å². The second-order valence-corrected chi connectivity index (χ2v) is 8.01. The van der Waals surface area contributed by atoms with Crippen molar-refractivity contribution in [3.63, 3.8) is 0 Å². The van der Waals surface area contributed by atoms with Crippen molar-refractivity contribution in [2.24, 2.45) is 5.92 Å². The van der Waals surface area contributed by atoms with Gasteiger partial charge in [0, 0.05) is 57.2 Å². The van der Waals surface area contributed by atoms with Gasteiger partial charge in [0.25, 0.3) is 0 Å². The molecule has 0 spiro atoms. The minimum Gasteiger partial charge on any atom is -0.339 e. The van der Waals surface area contributed by atoms with Crippen molar-refractivity contribution in [3.8, 4) is 0 Å². The summed E-state index contributed by atoms with van der Waals surface area (Å²) in [4.78, 5) is 39.8. The molecule has 2 saturated heterocycles. The molecule has 2 fully saturated rings. The lowest BCUT2D eigenvalue weighted by Crippen LogP contribution is -2.51. The number of piperazine rings is 1. The molecule has 0 saturated carbocycles. The van der Waals surface area contributed by atoms with Crippen molar-refractivity contribution < 1.29 is 9.59 Å². The number of hydrogen-bond donors (Lipinski definition) is 0. The van der Waals surface area contributed by atoms with Crippen LogP contribution in [0.1, 0.15) is 31.7 Å². The van der Waals surface area contributed by atoms with Crippen molar-refractivity contribution >= 4 is 23.5 Å². The van der Waals surface area contributed by atoms with Gasteiger partial charge < -0.3 is 14.7 Å². The first-order chi connectivity index (χ1) is 14.0. The number of carbonyl (C=O) groups is 2. The first kappa shape index (κ1) is 19.4. The Bertz CT molecular complexity index is 861. The molecular formula is C22H27N5O2. The molecule has 2 aromatic rings. The fourth-order valence-corrected chi connectivity index (χ4v) is 4.00.